The summed E-state index contributed by atoms with van der Waals surface area (Å²) >= 11 is 1.39. The summed E-state index contributed by atoms with van der Waals surface area (Å²) in [6, 6.07) is 8.65. The van der Waals surface area contributed by atoms with Crippen molar-refractivity contribution >= 4 is 23.3 Å². The Morgan fingerprint density at radius 2 is 1.79 bits per heavy atom. The van der Waals surface area contributed by atoms with E-state index < -0.39 is 5.78 Å². The van der Waals surface area contributed by atoms with Crippen molar-refractivity contribution in [1.29, 1.82) is 0 Å². The smallest absolute Gasteiger partial charge is 0.229 e. The third-order valence-electron chi connectivity index (χ3n) is 1.98. The summed E-state index contributed by atoms with van der Waals surface area (Å²) < 4.78 is 0. The number of rotatable bonds is 4. The van der Waals surface area contributed by atoms with E-state index in [1.165, 1.54) is 11.8 Å². The summed E-state index contributed by atoms with van der Waals surface area (Å²) in [7, 11) is 0. The van der Waals surface area contributed by atoms with Crippen molar-refractivity contribution in [3.05, 3.63) is 35.9 Å². The highest BCUT2D eigenvalue weighted by Gasteiger charge is 2.21. The zero-order chi connectivity index (χ0) is 10.6. The van der Waals surface area contributed by atoms with E-state index in [9.17, 15) is 9.59 Å². The summed E-state index contributed by atoms with van der Waals surface area (Å²) in [5.41, 5.74) is 0.471. The van der Waals surface area contributed by atoms with E-state index in [4.69, 9.17) is 0 Å². The van der Waals surface area contributed by atoms with Crippen LogP contribution in [0.3, 0.4) is 0 Å². The van der Waals surface area contributed by atoms with Crippen LogP contribution in [0.25, 0.3) is 0 Å². The Hall–Kier alpha value is -1.09. The fraction of sp³-hybridized carbons (Fsp3) is 0.273. The summed E-state index contributed by atoms with van der Waals surface area (Å²) in [4.78, 5) is 23.1. The second-order valence-corrected chi connectivity index (χ2v) is 4.12. The number of hydrogen-bond acceptors (Lipinski definition) is 3. The zero-order valence-corrected chi connectivity index (χ0v) is 9.01. The molecular formula is C11H12O2S. The van der Waals surface area contributed by atoms with E-state index in [2.05, 4.69) is 0 Å². The molecule has 1 aromatic carbocycles. The van der Waals surface area contributed by atoms with Gasteiger partial charge < -0.3 is 0 Å². The highest BCUT2D eigenvalue weighted by molar-refractivity contribution is 8.00. The lowest BCUT2D eigenvalue weighted by molar-refractivity contribution is -0.114. The van der Waals surface area contributed by atoms with Crippen LogP contribution in [0.5, 0.6) is 0 Å². The van der Waals surface area contributed by atoms with Crippen LogP contribution in [-0.2, 0) is 4.79 Å². The molecule has 0 N–H and O–H groups in total. The van der Waals surface area contributed by atoms with Crippen molar-refractivity contribution in [2.45, 2.75) is 12.2 Å². The number of carbonyl (C=O) groups excluding carboxylic acids is 2. The molecule has 0 radical (unpaired) electrons. The number of benzene rings is 1. The molecule has 0 spiro atoms. The maximum atomic E-state index is 11.6. The first kappa shape index (κ1) is 11.0. The van der Waals surface area contributed by atoms with Crippen LogP contribution in [0, 0.1) is 0 Å². The van der Waals surface area contributed by atoms with Gasteiger partial charge in [-0.25, -0.2) is 0 Å². The van der Waals surface area contributed by atoms with Crippen LogP contribution in [0.1, 0.15) is 17.3 Å². The summed E-state index contributed by atoms with van der Waals surface area (Å²) in [6.45, 7) is 1.74. The molecule has 0 aliphatic carbocycles. The Bertz CT molecular complexity index is 332. The second-order valence-electron chi connectivity index (χ2n) is 2.94. The van der Waals surface area contributed by atoms with Gasteiger partial charge >= 0.3 is 0 Å². The molecule has 1 rings (SSSR count). The first-order valence-corrected chi connectivity index (χ1v) is 5.62. The predicted octanol–water partition coefficient (Wildman–Crippen LogP) is 2.19. The van der Waals surface area contributed by atoms with Gasteiger partial charge in [-0.1, -0.05) is 30.3 Å². The number of carbonyl (C=O) groups is 2. The first-order chi connectivity index (χ1) is 6.66. The average Bonchev–Trinajstić information content (AvgIpc) is 2.27. The maximum Gasteiger partial charge on any atom is 0.229 e. The number of thioether (sulfide) groups is 1. The van der Waals surface area contributed by atoms with Crippen molar-refractivity contribution in [3.8, 4) is 0 Å². The average molecular weight is 208 g/mol. The normalized spacial score (nSPS) is 12.1. The molecule has 0 aliphatic rings. The van der Waals surface area contributed by atoms with Crippen LogP contribution in [0.15, 0.2) is 30.3 Å². The lowest BCUT2D eigenvalue weighted by atomic mass is 10.1. The van der Waals surface area contributed by atoms with Gasteiger partial charge in [-0.05, 0) is 13.2 Å². The topological polar surface area (TPSA) is 34.1 Å². The van der Waals surface area contributed by atoms with E-state index in [-0.39, 0.29) is 11.0 Å². The molecule has 0 bridgehead atoms. The van der Waals surface area contributed by atoms with Crippen LogP contribution in [-0.4, -0.2) is 23.1 Å². The van der Waals surface area contributed by atoms with Gasteiger partial charge in [-0.3, -0.25) is 9.59 Å². The molecule has 0 aliphatic heterocycles. The van der Waals surface area contributed by atoms with Gasteiger partial charge in [-0.2, -0.15) is 11.8 Å². The minimum Gasteiger partial charge on any atom is -0.289 e. The van der Waals surface area contributed by atoms with Crippen molar-refractivity contribution in [1.82, 2.24) is 0 Å². The molecule has 1 unspecified atom stereocenters. The molecule has 0 fully saturated rings. The van der Waals surface area contributed by atoms with Crippen molar-refractivity contribution < 1.29 is 9.59 Å². The Labute approximate surface area is 87.7 Å². The Morgan fingerprint density at radius 3 is 2.29 bits per heavy atom. The zero-order valence-electron chi connectivity index (χ0n) is 8.19. The quantitative estimate of drug-likeness (QED) is 0.562. The van der Waals surface area contributed by atoms with E-state index in [1.54, 1.807) is 31.2 Å². The molecule has 14 heavy (non-hydrogen) atoms. The van der Waals surface area contributed by atoms with E-state index in [1.807, 2.05) is 12.3 Å². The molecule has 0 saturated heterocycles. The van der Waals surface area contributed by atoms with E-state index >= 15 is 0 Å². The molecular weight excluding hydrogens is 196 g/mol. The fourth-order valence-corrected chi connectivity index (χ4v) is 1.34. The lowest BCUT2D eigenvalue weighted by Gasteiger charge is -2.05. The largest absolute Gasteiger partial charge is 0.289 e. The van der Waals surface area contributed by atoms with Crippen LogP contribution >= 0.6 is 11.8 Å². The third kappa shape index (κ3) is 2.45. The molecule has 1 aromatic rings. The minimum atomic E-state index is -0.396. The van der Waals surface area contributed by atoms with Crippen molar-refractivity contribution in [2.24, 2.45) is 0 Å². The maximum absolute atomic E-state index is 11.6. The Kier molecular flexibility index (Phi) is 3.89. The molecule has 0 heterocycles. The summed E-state index contributed by atoms with van der Waals surface area (Å²) in [5, 5.41) is -0.261. The third-order valence-corrected chi connectivity index (χ3v) is 2.90. The van der Waals surface area contributed by atoms with Crippen molar-refractivity contribution in [3.63, 3.8) is 0 Å². The highest BCUT2D eigenvalue weighted by Crippen LogP contribution is 2.10. The van der Waals surface area contributed by atoms with Crippen LogP contribution in [0.2, 0.25) is 0 Å². The monoisotopic (exact) mass is 208 g/mol. The highest BCUT2D eigenvalue weighted by atomic mass is 32.2. The molecule has 0 aromatic heterocycles. The summed E-state index contributed by atoms with van der Waals surface area (Å²) in [6.07, 6.45) is 1.82. The molecule has 3 heteroatoms. The Balaban J connectivity index is 2.82. The van der Waals surface area contributed by atoms with Gasteiger partial charge in [0.15, 0.2) is 0 Å². The van der Waals surface area contributed by atoms with Crippen LogP contribution < -0.4 is 0 Å². The number of Topliss-reactive ketones (excluding diaryl/α,β-unsaturated/α-hetero) is 2. The SMILES string of the molecule is CSC(C)C(=O)C(=O)c1ccccc1. The van der Waals surface area contributed by atoms with Gasteiger partial charge in [0, 0.05) is 5.56 Å². The first-order valence-electron chi connectivity index (χ1n) is 4.33. The standard InChI is InChI=1S/C11H12O2S/c1-8(14-2)10(12)11(13)9-6-4-3-5-7-9/h3-8H,1-2H3. The minimum absolute atomic E-state index is 0.261. The number of hydrogen-bond donors (Lipinski definition) is 0. The predicted molar refractivity (Wildman–Crippen MR) is 58.8 cm³/mol. The summed E-state index contributed by atoms with van der Waals surface area (Å²) in [5.74, 6) is -0.726. The van der Waals surface area contributed by atoms with Gasteiger partial charge in [0.25, 0.3) is 0 Å². The molecule has 74 valence electrons. The van der Waals surface area contributed by atoms with Gasteiger partial charge in [0.2, 0.25) is 11.6 Å². The van der Waals surface area contributed by atoms with Crippen LogP contribution in [0.4, 0.5) is 0 Å². The molecule has 1 atom stereocenters. The second kappa shape index (κ2) is 4.96. The van der Waals surface area contributed by atoms with E-state index in [0.29, 0.717) is 5.56 Å². The molecule has 2 nitrogen and oxygen atoms in total. The Morgan fingerprint density at radius 1 is 1.21 bits per heavy atom. The molecule has 0 amide bonds. The lowest BCUT2D eigenvalue weighted by Crippen LogP contribution is -2.23. The van der Waals surface area contributed by atoms with E-state index in [0.717, 1.165) is 0 Å². The fourth-order valence-electron chi connectivity index (χ4n) is 1.02. The van der Waals surface area contributed by atoms with Gasteiger partial charge in [0.05, 0.1) is 5.25 Å². The van der Waals surface area contributed by atoms with Gasteiger partial charge in [0.1, 0.15) is 0 Å². The van der Waals surface area contributed by atoms with Crippen molar-refractivity contribution in [2.75, 3.05) is 6.26 Å². The molecule has 0 saturated carbocycles. The van der Waals surface area contributed by atoms with Gasteiger partial charge in [-0.15, -0.1) is 0 Å². The number of ketones is 2.